The number of nitrogens with one attached hydrogen (secondary N) is 1. The maximum atomic E-state index is 12.6. The lowest BCUT2D eigenvalue weighted by atomic mass is 10.1. The van der Waals surface area contributed by atoms with E-state index < -0.39 is 24.5 Å². The van der Waals surface area contributed by atoms with Crippen LogP contribution in [0.3, 0.4) is 0 Å². The van der Waals surface area contributed by atoms with Gasteiger partial charge >= 0.3 is 6.18 Å². The third-order valence-corrected chi connectivity index (χ3v) is 3.57. The number of halogens is 4. The Bertz CT molecular complexity index is 438. The minimum atomic E-state index is -4.54. The number of rotatable bonds is 3. The number of aryl methyl sites for hydroxylation is 1. The molecule has 4 nitrogen and oxygen atoms in total. The molecule has 0 amide bonds. The number of nitrogens with zero attached hydrogens (tertiary/aromatic N) is 2. The fourth-order valence-electron chi connectivity index (χ4n) is 1.40. The molecule has 0 saturated heterocycles. The van der Waals surface area contributed by atoms with E-state index in [0.717, 1.165) is 0 Å². The number of hydrogen-bond acceptors (Lipinski definition) is 2. The second kappa shape index (κ2) is 4.67. The molecular formula is C9H12BrF3N4. The van der Waals surface area contributed by atoms with Gasteiger partial charge in [0.2, 0.25) is 0 Å². The minimum absolute atomic E-state index is 0.475. The molecule has 17 heavy (non-hydrogen) atoms. The molecule has 1 unspecified atom stereocenters. The summed E-state index contributed by atoms with van der Waals surface area (Å²) in [6.07, 6.45) is -4.54. The minimum Gasteiger partial charge on any atom is -0.387 e. The van der Waals surface area contributed by atoms with E-state index in [4.69, 9.17) is 11.1 Å². The second-order valence-electron chi connectivity index (χ2n) is 3.72. The molecule has 0 radical (unpaired) electrons. The lowest BCUT2D eigenvalue weighted by Gasteiger charge is -2.19. The summed E-state index contributed by atoms with van der Waals surface area (Å²) in [5, 5.41) is 11.0. The average molecular weight is 313 g/mol. The third kappa shape index (κ3) is 2.99. The van der Waals surface area contributed by atoms with E-state index in [1.807, 2.05) is 0 Å². The highest BCUT2D eigenvalue weighted by Gasteiger charge is 2.42. The summed E-state index contributed by atoms with van der Waals surface area (Å²) in [7, 11) is 0. The number of hydrogen-bond donors (Lipinski definition) is 2. The van der Waals surface area contributed by atoms with Gasteiger partial charge in [0.25, 0.3) is 0 Å². The molecule has 0 aliphatic carbocycles. The molecule has 1 rings (SSSR count). The fraction of sp³-hybridized carbons (Fsp3) is 0.556. The standard InChI is InChI=1S/C9H12BrF3N4/c1-4-7(10)5(2)17(16-4)3-6(8(14)15)9(11,12)13/h6H,3H2,1-2H3,(H3,14,15). The van der Waals surface area contributed by atoms with Crippen LogP contribution in [0.5, 0.6) is 0 Å². The Morgan fingerprint density at radius 2 is 2.06 bits per heavy atom. The maximum absolute atomic E-state index is 12.6. The van der Waals surface area contributed by atoms with E-state index >= 15 is 0 Å². The Morgan fingerprint density at radius 1 is 1.53 bits per heavy atom. The first kappa shape index (κ1) is 14.0. The Labute approximate surface area is 105 Å². The smallest absolute Gasteiger partial charge is 0.387 e. The van der Waals surface area contributed by atoms with E-state index in [9.17, 15) is 13.2 Å². The molecule has 8 heteroatoms. The fourth-order valence-corrected chi connectivity index (χ4v) is 1.69. The molecule has 0 fully saturated rings. The number of aromatic nitrogens is 2. The van der Waals surface area contributed by atoms with Crippen LogP contribution in [0.1, 0.15) is 11.4 Å². The van der Waals surface area contributed by atoms with Gasteiger partial charge in [-0.1, -0.05) is 0 Å². The van der Waals surface area contributed by atoms with Crippen LogP contribution in [0.15, 0.2) is 4.47 Å². The molecule has 0 aliphatic heterocycles. The average Bonchev–Trinajstić information content (AvgIpc) is 2.40. The van der Waals surface area contributed by atoms with Crippen molar-refractivity contribution in [3.63, 3.8) is 0 Å². The Balaban J connectivity index is 3.03. The highest BCUT2D eigenvalue weighted by Crippen LogP contribution is 2.29. The van der Waals surface area contributed by atoms with Gasteiger partial charge in [-0.15, -0.1) is 0 Å². The zero-order valence-electron chi connectivity index (χ0n) is 9.27. The highest BCUT2D eigenvalue weighted by atomic mass is 79.9. The van der Waals surface area contributed by atoms with Crippen molar-refractivity contribution < 1.29 is 13.2 Å². The van der Waals surface area contributed by atoms with Crippen molar-refractivity contribution in [2.24, 2.45) is 11.7 Å². The quantitative estimate of drug-likeness (QED) is 0.664. The van der Waals surface area contributed by atoms with Crippen LogP contribution in [-0.2, 0) is 6.54 Å². The van der Waals surface area contributed by atoms with Gasteiger partial charge in [-0.2, -0.15) is 18.3 Å². The molecule has 96 valence electrons. The predicted octanol–water partition coefficient (Wildman–Crippen LogP) is 2.38. The maximum Gasteiger partial charge on any atom is 0.400 e. The zero-order valence-corrected chi connectivity index (χ0v) is 10.9. The van der Waals surface area contributed by atoms with Crippen molar-refractivity contribution >= 4 is 21.8 Å². The summed E-state index contributed by atoms with van der Waals surface area (Å²) in [4.78, 5) is 0. The van der Waals surface area contributed by atoms with Crippen molar-refractivity contribution in [2.45, 2.75) is 26.6 Å². The molecule has 3 N–H and O–H groups in total. The van der Waals surface area contributed by atoms with E-state index in [2.05, 4.69) is 21.0 Å². The molecule has 0 spiro atoms. The first-order chi connectivity index (χ1) is 7.64. The lowest BCUT2D eigenvalue weighted by Crippen LogP contribution is -2.38. The lowest BCUT2D eigenvalue weighted by molar-refractivity contribution is -0.159. The number of amidine groups is 1. The molecule has 0 aliphatic rings. The number of nitrogens with two attached hydrogens (primary N) is 1. The van der Waals surface area contributed by atoms with E-state index in [1.54, 1.807) is 13.8 Å². The monoisotopic (exact) mass is 312 g/mol. The molecule has 0 saturated carbocycles. The largest absolute Gasteiger partial charge is 0.400 e. The molecular weight excluding hydrogens is 301 g/mol. The van der Waals surface area contributed by atoms with Crippen molar-refractivity contribution in [1.82, 2.24) is 9.78 Å². The van der Waals surface area contributed by atoms with Crippen LogP contribution >= 0.6 is 15.9 Å². The van der Waals surface area contributed by atoms with Gasteiger partial charge in [-0.3, -0.25) is 10.1 Å². The summed E-state index contributed by atoms with van der Waals surface area (Å²) < 4.78 is 39.7. The molecule has 1 atom stereocenters. The van der Waals surface area contributed by atoms with E-state index in [1.165, 1.54) is 4.68 Å². The topological polar surface area (TPSA) is 67.7 Å². The van der Waals surface area contributed by atoms with Crippen molar-refractivity contribution in [1.29, 1.82) is 5.41 Å². The molecule has 1 heterocycles. The normalized spacial score (nSPS) is 13.8. The Hall–Kier alpha value is -1.05. The van der Waals surface area contributed by atoms with Gasteiger partial charge in [0.05, 0.1) is 16.7 Å². The molecule has 0 aromatic carbocycles. The summed E-state index contributed by atoms with van der Waals surface area (Å²) in [5.41, 5.74) is 6.16. The SMILES string of the molecule is Cc1nn(CC(C(=N)N)C(F)(F)F)c(C)c1Br. The molecule has 1 aromatic rings. The van der Waals surface area contributed by atoms with Crippen molar-refractivity contribution in [2.75, 3.05) is 0 Å². The molecule has 0 bridgehead atoms. The van der Waals surface area contributed by atoms with Crippen LogP contribution in [-0.4, -0.2) is 21.8 Å². The Morgan fingerprint density at radius 3 is 2.35 bits per heavy atom. The van der Waals surface area contributed by atoms with Crippen LogP contribution in [0, 0.1) is 25.2 Å². The van der Waals surface area contributed by atoms with Gasteiger partial charge in [-0.25, -0.2) is 0 Å². The second-order valence-corrected chi connectivity index (χ2v) is 4.51. The number of alkyl halides is 3. The van der Waals surface area contributed by atoms with Gasteiger partial charge < -0.3 is 5.73 Å². The Kier molecular flexibility index (Phi) is 3.85. The van der Waals surface area contributed by atoms with Crippen LogP contribution in [0.25, 0.3) is 0 Å². The van der Waals surface area contributed by atoms with Crippen LogP contribution in [0.2, 0.25) is 0 Å². The van der Waals surface area contributed by atoms with Crippen molar-refractivity contribution in [3.05, 3.63) is 15.9 Å². The highest BCUT2D eigenvalue weighted by molar-refractivity contribution is 9.10. The van der Waals surface area contributed by atoms with E-state index in [-0.39, 0.29) is 0 Å². The summed E-state index contributed by atoms with van der Waals surface area (Å²) in [5.74, 6) is -2.91. The summed E-state index contributed by atoms with van der Waals surface area (Å²) in [6.45, 7) is 2.86. The van der Waals surface area contributed by atoms with Gasteiger partial charge in [0.15, 0.2) is 0 Å². The molecule has 1 aromatic heterocycles. The van der Waals surface area contributed by atoms with Crippen LogP contribution < -0.4 is 5.73 Å². The van der Waals surface area contributed by atoms with Crippen molar-refractivity contribution in [3.8, 4) is 0 Å². The van der Waals surface area contributed by atoms with Gasteiger partial charge in [0, 0.05) is 5.69 Å². The third-order valence-electron chi connectivity index (χ3n) is 2.42. The van der Waals surface area contributed by atoms with Crippen LogP contribution in [0.4, 0.5) is 13.2 Å². The first-order valence-corrected chi connectivity index (χ1v) is 5.54. The van der Waals surface area contributed by atoms with E-state index in [0.29, 0.717) is 15.9 Å². The summed E-state index contributed by atoms with van der Waals surface area (Å²) in [6, 6.07) is 0. The zero-order chi connectivity index (χ0) is 13.4. The first-order valence-electron chi connectivity index (χ1n) is 4.74. The summed E-state index contributed by atoms with van der Waals surface area (Å²) >= 11 is 3.23. The van der Waals surface area contributed by atoms with Gasteiger partial charge in [-0.05, 0) is 29.8 Å². The predicted molar refractivity (Wildman–Crippen MR) is 60.9 cm³/mol. The van der Waals surface area contributed by atoms with Gasteiger partial charge in [0.1, 0.15) is 11.8 Å².